The van der Waals surface area contributed by atoms with E-state index in [2.05, 4.69) is 5.32 Å². The van der Waals surface area contributed by atoms with E-state index in [0.29, 0.717) is 16.7 Å². The van der Waals surface area contributed by atoms with Gasteiger partial charge in [-0.15, -0.1) is 0 Å². The summed E-state index contributed by atoms with van der Waals surface area (Å²) in [6.07, 6.45) is -0.0885. The predicted molar refractivity (Wildman–Crippen MR) is 104 cm³/mol. The van der Waals surface area contributed by atoms with Crippen LogP contribution in [0.2, 0.25) is 0 Å². The number of nitrogens with one attached hydrogen (secondary N) is 1. The Kier molecular flexibility index (Phi) is 5.11. The Labute approximate surface area is 157 Å². The molecule has 6 nitrogen and oxygen atoms in total. The number of furan rings is 1. The SMILES string of the molecule is Cc1oc2cc3oc(=O)c(CC(=O)NC(CO)C(C)C)c(C)c3cc2c1C. The molecular formula is C21H25NO5. The minimum Gasteiger partial charge on any atom is -0.461 e. The zero-order chi connectivity index (χ0) is 19.9. The first-order valence-electron chi connectivity index (χ1n) is 9.09. The third kappa shape index (κ3) is 3.49. The Morgan fingerprint density at radius 2 is 1.70 bits per heavy atom. The van der Waals surface area contributed by atoms with Gasteiger partial charge in [0.15, 0.2) is 0 Å². The second-order valence-electron chi connectivity index (χ2n) is 7.40. The lowest BCUT2D eigenvalue weighted by Crippen LogP contribution is -2.42. The molecule has 3 rings (SSSR count). The normalized spacial score (nSPS) is 12.9. The van der Waals surface area contributed by atoms with Gasteiger partial charge in [-0.2, -0.15) is 0 Å². The summed E-state index contributed by atoms with van der Waals surface area (Å²) in [7, 11) is 0. The monoisotopic (exact) mass is 371 g/mol. The van der Waals surface area contributed by atoms with Crippen LogP contribution in [0.3, 0.4) is 0 Å². The number of fused-ring (bicyclic) bond motifs is 2. The number of aryl methyl sites for hydroxylation is 3. The van der Waals surface area contributed by atoms with Crippen LogP contribution in [0.1, 0.15) is 36.3 Å². The average Bonchev–Trinajstić information content (AvgIpc) is 2.88. The minimum atomic E-state index is -0.528. The van der Waals surface area contributed by atoms with Gasteiger partial charge in [0.25, 0.3) is 0 Å². The van der Waals surface area contributed by atoms with Gasteiger partial charge in [0, 0.05) is 16.8 Å². The Bertz CT molecular complexity index is 1070. The van der Waals surface area contributed by atoms with Crippen LogP contribution in [0, 0.1) is 26.7 Å². The lowest BCUT2D eigenvalue weighted by Gasteiger charge is -2.20. The summed E-state index contributed by atoms with van der Waals surface area (Å²) in [5.74, 6) is 0.603. The fourth-order valence-corrected chi connectivity index (χ4v) is 3.27. The van der Waals surface area contributed by atoms with Crippen molar-refractivity contribution in [3.05, 3.63) is 45.0 Å². The number of hydrogen-bond donors (Lipinski definition) is 2. The molecule has 1 atom stereocenters. The highest BCUT2D eigenvalue weighted by atomic mass is 16.4. The minimum absolute atomic E-state index is 0.0885. The molecule has 144 valence electrons. The smallest absolute Gasteiger partial charge is 0.340 e. The molecule has 1 amide bonds. The van der Waals surface area contributed by atoms with E-state index in [1.807, 2.05) is 40.7 Å². The Morgan fingerprint density at radius 1 is 1.07 bits per heavy atom. The summed E-state index contributed by atoms with van der Waals surface area (Å²) in [4.78, 5) is 24.8. The number of benzene rings is 1. The Morgan fingerprint density at radius 3 is 2.33 bits per heavy atom. The van der Waals surface area contributed by atoms with Crippen LogP contribution in [-0.4, -0.2) is 23.7 Å². The lowest BCUT2D eigenvalue weighted by atomic mass is 10.0. The van der Waals surface area contributed by atoms with Crippen molar-refractivity contribution in [1.82, 2.24) is 5.32 Å². The number of hydrogen-bond acceptors (Lipinski definition) is 5. The molecule has 0 aliphatic rings. The molecule has 1 aromatic carbocycles. The molecule has 6 heteroatoms. The van der Waals surface area contributed by atoms with E-state index in [0.717, 1.165) is 27.7 Å². The van der Waals surface area contributed by atoms with Crippen molar-refractivity contribution in [2.75, 3.05) is 6.61 Å². The zero-order valence-electron chi connectivity index (χ0n) is 16.3. The van der Waals surface area contributed by atoms with Crippen molar-refractivity contribution < 1.29 is 18.7 Å². The molecule has 0 aliphatic heterocycles. The van der Waals surface area contributed by atoms with Crippen LogP contribution in [0.4, 0.5) is 0 Å². The molecule has 1 unspecified atom stereocenters. The van der Waals surface area contributed by atoms with Crippen LogP contribution in [0.15, 0.2) is 25.8 Å². The molecule has 2 heterocycles. The molecule has 0 spiro atoms. The second kappa shape index (κ2) is 7.19. The molecule has 0 bridgehead atoms. The summed E-state index contributed by atoms with van der Waals surface area (Å²) in [5, 5.41) is 13.9. The van der Waals surface area contributed by atoms with Crippen LogP contribution < -0.4 is 10.9 Å². The maximum Gasteiger partial charge on any atom is 0.340 e. The number of carbonyl (C=O) groups excluding carboxylic acids is 1. The molecule has 0 saturated carbocycles. The molecule has 0 radical (unpaired) electrons. The van der Waals surface area contributed by atoms with E-state index in [4.69, 9.17) is 8.83 Å². The third-order valence-electron chi connectivity index (χ3n) is 5.27. The van der Waals surface area contributed by atoms with Gasteiger partial charge in [0.05, 0.1) is 24.6 Å². The van der Waals surface area contributed by atoms with Crippen LogP contribution >= 0.6 is 0 Å². The zero-order valence-corrected chi connectivity index (χ0v) is 16.3. The highest BCUT2D eigenvalue weighted by Gasteiger charge is 2.20. The van der Waals surface area contributed by atoms with Crippen molar-refractivity contribution in [2.24, 2.45) is 5.92 Å². The highest BCUT2D eigenvalue weighted by Crippen LogP contribution is 2.30. The first-order chi connectivity index (χ1) is 12.7. The Balaban J connectivity index is 2.03. The van der Waals surface area contributed by atoms with Gasteiger partial charge in [-0.25, -0.2) is 4.79 Å². The average molecular weight is 371 g/mol. The summed E-state index contributed by atoms with van der Waals surface area (Å²) in [6, 6.07) is 3.33. The lowest BCUT2D eigenvalue weighted by molar-refractivity contribution is -0.121. The molecule has 0 saturated heterocycles. The summed E-state index contributed by atoms with van der Waals surface area (Å²) >= 11 is 0. The van der Waals surface area contributed by atoms with Crippen LogP contribution in [0.25, 0.3) is 21.9 Å². The number of aliphatic hydroxyl groups excluding tert-OH is 1. The second-order valence-corrected chi connectivity index (χ2v) is 7.40. The van der Waals surface area contributed by atoms with Crippen molar-refractivity contribution in [1.29, 1.82) is 0 Å². The maximum absolute atomic E-state index is 12.5. The molecule has 0 fully saturated rings. The van der Waals surface area contributed by atoms with Gasteiger partial charge >= 0.3 is 5.63 Å². The van der Waals surface area contributed by atoms with Crippen molar-refractivity contribution in [2.45, 2.75) is 47.1 Å². The van der Waals surface area contributed by atoms with E-state index in [1.54, 1.807) is 6.07 Å². The summed E-state index contributed by atoms with van der Waals surface area (Å²) < 4.78 is 11.2. The number of amides is 1. The van der Waals surface area contributed by atoms with Gasteiger partial charge in [-0.1, -0.05) is 13.8 Å². The predicted octanol–water partition coefficient (Wildman–Crippen LogP) is 3.14. The van der Waals surface area contributed by atoms with E-state index < -0.39 is 5.63 Å². The van der Waals surface area contributed by atoms with Crippen molar-refractivity contribution in [3.63, 3.8) is 0 Å². The maximum atomic E-state index is 12.5. The topological polar surface area (TPSA) is 92.7 Å². The first kappa shape index (κ1) is 19.2. The van der Waals surface area contributed by atoms with Gasteiger partial charge < -0.3 is 19.3 Å². The summed E-state index contributed by atoms with van der Waals surface area (Å²) in [6.45, 7) is 9.38. The van der Waals surface area contributed by atoms with Gasteiger partial charge in [-0.3, -0.25) is 4.79 Å². The molecule has 2 aromatic heterocycles. The molecule has 3 aromatic rings. The first-order valence-corrected chi connectivity index (χ1v) is 9.09. The third-order valence-corrected chi connectivity index (χ3v) is 5.27. The van der Waals surface area contributed by atoms with Gasteiger partial charge in [0.1, 0.15) is 16.9 Å². The largest absolute Gasteiger partial charge is 0.461 e. The quantitative estimate of drug-likeness (QED) is 0.672. The fraction of sp³-hybridized carbons (Fsp3) is 0.429. The molecular weight excluding hydrogens is 346 g/mol. The fourth-order valence-electron chi connectivity index (χ4n) is 3.27. The van der Waals surface area contributed by atoms with Gasteiger partial charge in [-0.05, 0) is 43.9 Å². The van der Waals surface area contributed by atoms with Crippen molar-refractivity contribution >= 4 is 27.8 Å². The number of aliphatic hydroxyl groups is 1. The van der Waals surface area contributed by atoms with E-state index in [1.165, 1.54) is 0 Å². The number of rotatable bonds is 5. The highest BCUT2D eigenvalue weighted by molar-refractivity contribution is 5.97. The van der Waals surface area contributed by atoms with Crippen molar-refractivity contribution in [3.8, 4) is 0 Å². The summed E-state index contributed by atoms with van der Waals surface area (Å²) in [5.41, 5.74) is 2.69. The van der Waals surface area contributed by atoms with E-state index in [9.17, 15) is 14.7 Å². The Hall–Kier alpha value is -2.60. The van der Waals surface area contributed by atoms with Crippen LogP contribution in [0.5, 0.6) is 0 Å². The number of carbonyl (C=O) groups is 1. The van der Waals surface area contributed by atoms with E-state index in [-0.39, 0.29) is 30.9 Å². The van der Waals surface area contributed by atoms with Gasteiger partial charge in [0.2, 0.25) is 5.91 Å². The molecule has 2 N–H and O–H groups in total. The van der Waals surface area contributed by atoms with E-state index >= 15 is 0 Å². The molecule has 27 heavy (non-hydrogen) atoms. The van der Waals surface area contributed by atoms with Crippen LogP contribution in [-0.2, 0) is 11.2 Å². The molecule has 0 aliphatic carbocycles. The standard InChI is InChI=1S/C21H25NO5/c1-10(2)17(9-23)22-20(24)7-16-12(4)15-6-14-11(3)13(5)26-18(14)8-19(15)27-21(16)25/h6,8,10,17,23H,7,9H2,1-5H3,(H,22,24).